The lowest BCUT2D eigenvalue weighted by Gasteiger charge is -2.21. The summed E-state index contributed by atoms with van der Waals surface area (Å²) in [5.41, 5.74) is 17.0. The van der Waals surface area contributed by atoms with Gasteiger partial charge in [0.1, 0.15) is 0 Å². The lowest BCUT2D eigenvalue weighted by atomic mass is 9.82. The molecule has 1 aliphatic carbocycles. The molecule has 0 atom stereocenters. The smallest absolute Gasteiger partial charge is 0.164 e. The van der Waals surface area contributed by atoms with Crippen LogP contribution in [0.4, 0.5) is 0 Å². The maximum Gasteiger partial charge on any atom is 0.164 e. The summed E-state index contributed by atoms with van der Waals surface area (Å²) in [6.07, 6.45) is 3.71. The average molecular weight is 731 g/mol. The van der Waals surface area contributed by atoms with Crippen molar-refractivity contribution in [3.05, 3.63) is 206 Å². The van der Waals surface area contributed by atoms with Crippen LogP contribution in [0.2, 0.25) is 0 Å². The summed E-state index contributed by atoms with van der Waals surface area (Å²) < 4.78 is 0. The van der Waals surface area contributed by atoms with Crippen LogP contribution in [0.3, 0.4) is 0 Å². The van der Waals surface area contributed by atoms with Crippen LogP contribution in [-0.2, 0) is 5.41 Å². The molecule has 0 fully saturated rings. The molecule has 9 aromatic rings. The highest BCUT2D eigenvalue weighted by atomic mass is 15.0. The Kier molecular flexibility index (Phi) is 8.45. The van der Waals surface area contributed by atoms with Crippen molar-refractivity contribution in [3.8, 4) is 89.8 Å². The van der Waals surface area contributed by atoms with Gasteiger partial charge in [0.05, 0.1) is 0 Å². The predicted molar refractivity (Wildman–Crippen MR) is 233 cm³/mol. The van der Waals surface area contributed by atoms with Crippen LogP contribution < -0.4 is 0 Å². The van der Waals surface area contributed by atoms with Gasteiger partial charge < -0.3 is 0 Å². The van der Waals surface area contributed by atoms with Crippen molar-refractivity contribution in [1.82, 2.24) is 19.9 Å². The van der Waals surface area contributed by atoms with Gasteiger partial charge in [-0.15, -0.1) is 0 Å². The molecule has 0 aliphatic heterocycles. The molecule has 10 rings (SSSR count). The number of fused-ring (bicyclic) bond motifs is 3. The van der Waals surface area contributed by atoms with Crippen molar-refractivity contribution >= 4 is 0 Å². The van der Waals surface area contributed by atoms with Gasteiger partial charge in [-0.1, -0.05) is 166 Å². The minimum Gasteiger partial charge on any atom is -0.264 e. The maximum atomic E-state index is 5.20. The molecule has 4 nitrogen and oxygen atoms in total. The molecule has 0 radical (unpaired) electrons. The molecule has 0 N–H and O–H groups in total. The van der Waals surface area contributed by atoms with Crippen LogP contribution in [0.5, 0.6) is 0 Å². The second-order valence-electron chi connectivity index (χ2n) is 15.2. The summed E-state index contributed by atoms with van der Waals surface area (Å²) in [5.74, 6) is 1.88. The van der Waals surface area contributed by atoms with Crippen LogP contribution in [0.25, 0.3) is 89.8 Å². The molecule has 7 aromatic carbocycles. The maximum absolute atomic E-state index is 5.20. The van der Waals surface area contributed by atoms with Crippen molar-refractivity contribution in [2.75, 3.05) is 0 Å². The van der Waals surface area contributed by atoms with Crippen molar-refractivity contribution in [1.29, 1.82) is 0 Å². The molecule has 2 heterocycles. The lowest BCUT2D eigenvalue weighted by molar-refractivity contribution is 0.660. The first kappa shape index (κ1) is 34.2. The van der Waals surface area contributed by atoms with Crippen LogP contribution in [0, 0.1) is 0 Å². The summed E-state index contributed by atoms with van der Waals surface area (Å²) >= 11 is 0. The van der Waals surface area contributed by atoms with E-state index in [-0.39, 0.29) is 5.41 Å². The summed E-state index contributed by atoms with van der Waals surface area (Å²) in [6.45, 7) is 4.65. The van der Waals surface area contributed by atoms with E-state index < -0.39 is 0 Å². The largest absolute Gasteiger partial charge is 0.264 e. The van der Waals surface area contributed by atoms with E-state index in [1.165, 1.54) is 27.8 Å². The van der Waals surface area contributed by atoms with E-state index in [4.69, 9.17) is 15.0 Å². The summed E-state index contributed by atoms with van der Waals surface area (Å²) in [6, 6.07) is 64.3. The van der Waals surface area contributed by atoms with Gasteiger partial charge in [-0.25, -0.2) is 15.0 Å². The molecule has 270 valence electrons. The number of pyridine rings is 1. The second-order valence-corrected chi connectivity index (χ2v) is 15.2. The average Bonchev–Trinajstić information content (AvgIpc) is 3.52. The van der Waals surface area contributed by atoms with Crippen molar-refractivity contribution in [2.45, 2.75) is 19.3 Å². The molecule has 2 aromatic heterocycles. The Labute approximate surface area is 333 Å². The van der Waals surface area contributed by atoms with E-state index >= 15 is 0 Å². The van der Waals surface area contributed by atoms with E-state index in [1.807, 2.05) is 36.5 Å². The third kappa shape index (κ3) is 6.41. The molecular weight excluding hydrogens is 693 g/mol. The normalized spacial score (nSPS) is 12.5. The van der Waals surface area contributed by atoms with Gasteiger partial charge >= 0.3 is 0 Å². The number of rotatable bonds is 7. The minimum atomic E-state index is -0.0676. The quantitative estimate of drug-likeness (QED) is 0.164. The second kappa shape index (κ2) is 14.1. The standard InChI is InChI=1S/C53H38N4/c1-53(2)48-18-10-9-17-46(48)47-33-41(27-28-49(47)53)44-30-43(38-21-19-37(20-22-38)42-16-11-29-54-34-42)31-45(32-44)52-56-50(39-14-7-4-8-15-39)55-51(57-52)40-25-23-36(24-26-40)35-12-5-3-6-13-35/h3-34H,1-2H3. The zero-order chi connectivity index (χ0) is 38.3. The highest BCUT2D eigenvalue weighted by Crippen LogP contribution is 2.49. The Bertz CT molecular complexity index is 2880. The Balaban J connectivity index is 1.14. The molecular formula is C53H38N4. The molecule has 0 amide bonds. The topological polar surface area (TPSA) is 51.6 Å². The zero-order valence-electron chi connectivity index (χ0n) is 31.8. The number of nitrogens with zero attached hydrogens (tertiary/aromatic N) is 4. The summed E-state index contributed by atoms with van der Waals surface area (Å²) in [4.78, 5) is 19.8. The number of aromatic nitrogens is 4. The van der Waals surface area contributed by atoms with Crippen LogP contribution in [0.1, 0.15) is 25.0 Å². The van der Waals surface area contributed by atoms with Crippen molar-refractivity contribution in [3.63, 3.8) is 0 Å². The predicted octanol–water partition coefficient (Wildman–Crippen LogP) is 13.2. The third-order valence-corrected chi connectivity index (χ3v) is 11.2. The van der Waals surface area contributed by atoms with E-state index in [1.54, 1.807) is 6.20 Å². The number of hydrogen-bond acceptors (Lipinski definition) is 4. The number of benzene rings is 7. The van der Waals surface area contributed by atoms with E-state index in [0.717, 1.165) is 55.6 Å². The Morgan fingerprint density at radius 2 is 0.754 bits per heavy atom. The third-order valence-electron chi connectivity index (χ3n) is 11.2. The lowest BCUT2D eigenvalue weighted by Crippen LogP contribution is -2.14. The van der Waals surface area contributed by atoms with Gasteiger partial charge in [0, 0.05) is 34.5 Å². The van der Waals surface area contributed by atoms with Crippen molar-refractivity contribution in [2.24, 2.45) is 0 Å². The Morgan fingerprint density at radius 1 is 0.316 bits per heavy atom. The first-order chi connectivity index (χ1) is 28.0. The Morgan fingerprint density at radius 3 is 1.40 bits per heavy atom. The van der Waals surface area contributed by atoms with Gasteiger partial charge in [-0.3, -0.25) is 4.98 Å². The first-order valence-electron chi connectivity index (χ1n) is 19.4. The van der Waals surface area contributed by atoms with Gasteiger partial charge in [-0.2, -0.15) is 0 Å². The van der Waals surface area contributed by atoms with Gasteiger partial charge in [0.15, 0.2) is 17.5 Å². The van der Waals surface area contributed by atoms with Crippen LogP contribution in [-0.4, -0.2) is 19.9 Å². The molecule has 0 saturated carbocycles. The Hall–Kier alpha value is -7.30. The molecule has 0 saturated heterocycles. The van der Waals surface area contributed by atoms with Gasteiger partial charge in [0.2, 0.25) is 0 Å². The van der Waals surface area contributed by atoms with E-state index in [9.17, 15) is 0 Å². The van der Waals surface area contributed by atoms with E-state index in [2.05, 4.69) is 170 Å². The van der Waals surface area contributed by atoms with E-state index in [0.29, 0.717) is 17.5 Å². The highest BCUT2D eigenvalue weighted by Gasteiger charge is 2.35. The molecule has 57 heavy (non-hydrogen) atoms. The molecule has 0 spiro atoms. The van der Waals surface area contributed by atoms with Gasteiger partial charge in [0.25, 0.3) is 0 Å². The molecule has 0 unspecified atom stereocenters. The zero-order valence-corrected chi connectivity index (χ0v) is 31.8. The monoisotopic (exact) mass is 730 g/mol. The fraction of sp³-hybridized carbons (Fsp3) is 0.0566. The molecule has 4 heteroatoms. The highest BCUT2D eigenvalue weighted by molar-refractivity contribution is 5.87. The fourth-order valence-electron chi connectivity index (χ4n) is 8.17. The molecule has 0 bridgehead atoms. The fourth-order valence-corrected chi connectivity index (χ4v) is 8.17. The van der Waals surface area contributed by atoms with Crippen LogP contribution in [0.15, 0.2) is 194 Å². The van der Waals surface area contributed by atoms with Gasteiger partial charge in [-0.05, 0) is 97.1 Å². The summed E-state index contributed by atoms with van der Waals surface area (Å²) in [7, 11) is 0. The SMILES string of the molecule is CC1(C)c2ccccc2-c2cc(-c3cc(-c4ccc(-c5cccnc5)cc4)cc(-c4nc(-c5ccccc5)nc(-c5ccc(-c6ccccc6)cc5)n4)c3)ccc21. The first-order valence-corrected chi connectivity index (χ1v) is 19.4. The summed E-state index contributed by atoms with van der Waals surface area (Å²) in [5, 5.41) is 0. The molecule has 1 aliphatic rings. The number of hydrogen-bond donors (Lipinski definition) is 0. The van der Waals surface area contributed by atoms with Crippen LogP contribution >= 0.6 is 0 Å². The van der Waals surface area contributed by atoms with Crippen molar-refractivity contribution < 1.29 is 0 Å². The minimum absolute atomic E-state index is 0.0676.